The van der Waals surface area contributed by atoms with Gasteiger partial charge in [0.25, 0.3) is 5.91 Å². The van der Waals surface area contributed by atoms with Crippen molar-refractivity contribution < 1.29 is 9.53 Å². The van der Waals surface area contributed by atoms with E-state index >= 15 is 0 Å². The molecule has 3 rings (SSSR count). The topological polar surface area (TPSA) is 77.2 Å². The number of halogens is 1. The van der Waals surface area contributed by atoms with Crippen LogP contribution >= 0.6 is 11.6 Å². The molecule has 3 aromatic rings. The molecule has 0 aliphatic carbocycles. The minimum atomic E-state index is -0.302. The third-order valence-corrected chi connectivity index (χ3v) is 4.60. The standard InChI is InChI=1S/C21H20ClN3O2/c1-12-8-9-24-20(23)19(12)21(26)25-15-4-6-16(7-5-15)27-18-11-14(3)13(2)10-17(18)22/h4-11H,1-3H3,(H2,23,24)(H,25,26). The number of nitrogen functional groups attached to an aromatic ring is 1. The highest BCUT2D eigenvalue weighted by molar-refractivity contribution is 6.32. The van der Waals surface area contributed by atoms with Crippen LogP contribution in [0.2, 0.25) is 5.02 Å². The minimum Gasteiger partial charge on any atom is -0.456 e. The fourth-order valence-electron chi connectivity index (χ4n) is 2.63. The van der Waals surface area contributed by atoms with E-state index in [9.17, 15) is 4.79 Å². The Morgan fingerprint density at radius 3 is 2.37 bits per heavy atom. The summed E-state index contributed by atoms with van der Waals surface area (Å²) in [6.07, 6.45) is 1.57. The zero-order valence-electron chi connectivity index (χ0n) is 15.3. The monoisotopic (exact) mass is 381 g/mol. The summed E-state index contributed by atoms with van der Waals surface area (Å²) >= 11 is 6.25. The van der Waals surface area contributed by atoms with E-state index in [-0.39, 0.29) is 11.7 Å². The molecule has 0 saturated heterocycles. The Labute approximate surface area is 163 Å². The van der Waals surface area contributed by atoms with E-state index in [1.54, 1.807) is 36.5 Å². The van der Waals surface area contributed by atoms with Gasteiger partial charge in [-0.3, -0.25) is 4.79 Å². The number of ether oxygens (including phenoxy) is 1. The molecule has 1 aromatic heterocycles. The number of anilines is 2. The van der Waals surface area contributed by atoms with Crippen LogP contribution in [0.1, 0.15) is 27.0 Å². The lowest BCUT2D eigenvalue weighted by atomic mass is 10.1. The van der Waals surface area contributed by atoms with Crippen LogP contribution in [-0.4, -0.2) is 10.9 Å². The summed E-state index contributed by atoms with van der Waals surface area (Å²) in [4.78, 5) is 16.4. The molecule has 0 aliphatic heterocycles. The van der Waals surface area contributed by atoms with Crippen LogP contribution in [0.25, 0.3) is 0 Å². The second-order valence-electron chi connectivity index (χ2n) is 6.34. The molecule has 0 saturated carbocycles. The number of hydrogen-bond acceptors (Lipinski definition) is 4. The number of rotatable bonds is 4. The number of nitrogens with one attached hydrogen (secondary N) is 1. The van der Waals surface area contributed by atoms with Crippen molar-refractivity contribution in [3.05, 3.63) is 75.9 Å². The molecule has 0 spiro atoms. The number of aromatic nitrogens is 1. The molecule has 0 unspecified atom stereocenters. The van der Waals surface area contributed by atoms with Gasteiger partial charge in [-0.15, -0.1) is 0 Å². The lowest BCUT2D eigenvalue weighted by Crippen LogP contribution is -2.16. The van der Waals surface area contributed by atoms with E-state index in [1.807, 2.05) is 32.9 Å². The summed E-state index contributed by atoms with van der Waals surface area (Å²) in [5.74, 6) is 1.12. The third-order valence-electron chi connectivity index (χ3n) is 4.30. The normalized spacial score (nSPS) is 10.5. The average molecular weight is 382 g/mol. The van der Waals surface area contributed by atoms with Gasteiger partial charge in [0.05, 0.1) is 10.6 Å². The van der Waals surface area contributed by atoms with Gasteiger partial charge < -0.3 is 15.8 Å². The Kier molecular flexibility index (Phi) is 5.33. The van der Waals surface area contributed by atoms with Crippen LogP contribution in [0.3, 0.4) is 0 Å². The first-order valence-electron chi connectivity index (χ1n) is 8.42. The predicted octanol–water partition coefficient (Wildman–Crippen LogP) is 5.29. The maximum atomic E-state index is 12.5. The predicted molar refractivity (Wildman–Crippen MR) is 109 cm³/mol. The molecule has 6 heteroatoms. The fraction of sp³-hybridized carbons (Fsp3) is 0.143. The molecule has 0 radical (unpaired) electrons. The van der Waals surface area contributed by atoms with Crippen molar-refractivity contribution in [1.29, 1.82) is 0 Å². The highest BCUT2D eigenvalue weighted by atomic mass is 35.5. The molecule has 0 atom stereocenters. The maximum Gasteiger partial charge on any atom is 0.259 e. The molecule has 27 heavy (non-hydrogen) atoms. The Hall–Kier alpha value is -3.05. The van der Waals surface area contributed by atoms with Crippen LogP contribution in [0.4, 0.5) is 11.5 Å². The number of aryl methyl sites for hydroxylation is 3. The first-order valence-corrected chi connectivity index (χ1v) is 8.80. The van der Waals surface area contributed by atoms with Gasteiger partial charge in [-0.1, -0.05) is 11.6 Å². The number of nitrogens with two attached hydrogens (primary N) is 1. The second kappa shape index (κ2) is 7.68. The second-order valence-corrected chi connectivity index (χ2v) is 6.74. The van der Waals surface area contributed by atoms with Gasteiger partial charge in [-0.2, -0.15) is 0 Å². The van der Waals surface area contributed by atoms with Crippen LogP contribution in [-0.2, 0) is 0 Å². The molecule has 3 N–H and O–H groups in total. The molecule has 5 nitrogen and oxygen atoms in total. The van der Waals surface area contributed by atoms with Gasteiger partial charge in [-0.25, -0.2) is 4.98 Å². The van der Waals surface area contributed by atoms with E-state index in [0.717, 1.165) is 16.7 Å². The summed E-state index contributed by atoms with van der Waals surface area (Å²) in [7, 11) is 0. The Bertz CT molecular complexity index is 981. The van der Waals surface area contributed by atoms with Crippen molar-refractivity contribution in [2.75, 3.05) is 11.1 Å². The number of carbonyl (C=O) groups is 1. The Morgan fingerprint density at radius 1 is 1.04 bits per heavy atom. The summed E-state index contributed by atoms with van der Waals surface area (Å²) in [6.45, 7) is 5.82. The quantitative estimate of drug-likeness (QED) is 0.643. The van der Waals surface area contributed by atoms with Crippen molar-refractivity contribution >= 4 is 29.0 Å². The van der Waals surface area contributed by atoms with E-state index in [1.165, 1.54) is 0 Å². The van der Waals surface area contributed by atoms with Gasteiger partial charge >= 0.3 is 0 Å². The maximum absolute atomic E-state index is 12.5. The smallest absolute Gasteiger partial charge is 0.259 e. The molecule has 0 fully saturated rings. The van der Waals surface area contributed by atoms with Gasteiger partial charge in [0.15, 0.2) is 0 Å². The van der Waals surface area contributed by atoms with Crippen molar-refractivity contribution in [3.63, 3.8) is 0 Å². The number of pyridine rings is 1. The van der Waals surface area contributed by atoms with Crippen molar-refractivity contribution in [3.8, 4) is 11.5 Å². The van der Waals surface area contributed by atoms with Crippen LogP contribution in [0.5, 0.6) is 11.5 Å². The number of nitrogens with zero attached hydrogens (tertiary/aromatic N) is 1. The van der Waals surface area contributed by atoms with E-state index in [4.69, 9.17) is 22.1 Å². The minimum absolute atomic E-state index is 0.205. The molecule has 2 aromatic carbocycles. The molecular formula is C21H20ClN3O2. The SMILES string of the molecule is Cc1cc(Cl)c(Oc2ccc(NC(=O)c3c(C)ccnc3N)cc2)cc1C. The van der Waals surface area contributed by atoms with Gasteiger partial charge in [0.1, 0.15) is 17.3 Å². The number of amides is 1. The number of benzene rings is 2. The van der Waals surface area contributed by atoms with E-state index in [2.05, 4.69) is 10.3 Å². The Morgan fingerprint density at radius 2 is 1.70 bits per heavy atom. The van der Waals surface area contributed by atoms with E-state index in [0.29, 0.717) is 27.8 Å². The third kappa shape index (κ3) is 4.20. The summed E-state index contributed by atoms with van der Waals surface area (Å²) in [6, 6.07) is 12.6. The van der Waals surface area contributed by atoms with Gasteiger partial charge in [0, 0.05) is 11.9 Å². The number of carbonyl (C=O) groups excluding carboxylic acids is 1. The van der Waals surface area contributed by atoms with Crippen molar-refractivity contribution in [1.82, 2.24) is 4.98 Å². The molecule has 0 bridgehead atoms. The van der Waals surface area contributed by atoms with E-state index < -0.39 is 0 Å². The largest absolute Gasteiger partial charge is 0.456 e. The fourth-order valence-corrected chi connectivity index (χ4v) is 2.89. The van der Waals surface area contributed by atoms with Crippen molar-refractivity contribution in [2.24, 2.45) is 0 Å². The average Bonchev–Trinajstić information content (AvgIpc) is 2.61. The lowest BCUT2D eigenvalue weighted by molar-refractivity contribution is 0.102. The van der Waals surface area contributed by atoms with Gasteiger partial charge in [-0.05, 0) is 79.9 Å². The van der Waals surface area contributed by atoms with Crippen LogP contribution < -0.4 is 15.8 Å². The molecular weight excluding hydrogens is 362 g/mol. The molecule has 1 heterocycles. The highest BCUT2D eigenvalue weighted by Crippen LogP contribution is 2.32. The summed E-state index contributed by atoms with van der Waals surface area (Å²) in [5, 5.41) is 3.37. The number of hydrogen-bond donors (Lipinski definition) is 2. The highest BCUT2D eigenvalue weighted by Gasteiger charge is 2.14. The first-order chi connectivity index (χ1) is 12.8. The zero-order valence-corrected chi connectivity index (χ0v) is 16.1. The van der Waals surface area contributed by atoms with Crippen molar-refractivity contribution in [2.45, 2.75) is 20.8 Å². The van der Waals surface area contributed by atoms with Crippen LogP contribution in [0, 0.1) is 20.8 Å². The first kappa shape index (κ1) is 18.7. The molecule has 138 valence electrons. The zero-order chi connectivity index (χ0) is 19.6. The lowest BCUT2D eigenvalue weighted by Gasteiger charge is -2.12. The Balaban J connectivity index is 1.74. The van der Waals surface area contributed by atoms with Gasteiger partial charge in [0.2, 0.25) is 0 Å². The van der Waals surface area contributed by atoms with Crippen LogP contribution in [0.15, 0.2) is 48.7 Å². The summed E-state index contributed by atoms with van der Waals surface area (Å²) < 4.78 is 5.85. The summed E-state index contributed by atoms with van der Waals surface area (Å²) in [5.41, 5.74) is 9.79. The molecule has 0 aliphatic rings. The molecule has 1 amide bonds.